The van der Waals surface area contributed by atoms with E-state index in [0.29, 0.717) is 0 Å². The van der Waals surface area contributed by atoms with Crippen LogP contribution in [0.3, 0.4) is 0 Å². The Hall–Kier alpha value is -2.84. The van der Waals surface area contributed by atoms with Crippen molar-refractivity contribution in [2.24, 2.45) is 0 Å². The zero-order chi connectivity index (χ0) is 21.9. The highest BCUT2D eigenvalue weighted by atomic mass is 16.6. The lowest BCUT2D eigenvalue weighted by Gasteiger charge is -2.30. The van der Waals surface area contributed by atoms with Gasteiger partial charge in [-0.05, 0) is 53.2 Å². The second-order valence-corrected chi connectivity index (χ2v) is 7.09. The van der Waals surface area contributed by atoms with E-state index in [4.69, 9.17) is 18.9 Å². The average Bonchev–Trinajstić information content (AvgIpc) is 2.64. The van der Waals surface area contributed by atoms with Crippen LogP contribution in [-0.4, -0.2) is 54.0 Å². The van der Waals surface area contributed by atoms with Crippen LogP contribution in [0.25, 0.3) is 0 Å². The third-order valence-corrected chi connectivity index (χ3v) is 3.53. The predicted octanol–water partition coefficient (Wildman–Crippen LogP) is 2.63. The van der Waals surface area contributed by atoms with E-state index in [0.717, 1.165) is 0 Å². The summed E-state index contributed by atoms with van der Waals surface area (Å²) in [4.78, 5) is 41.1. The fourth-order valence-electron chi connectivity index (χ4n) is 2.37. The summed E-state index contributed by atoms with van der Waals surface area (Å²) in [6, 6.07) is 3.04. The lowest BCUT2D eigenvalue weighted by atomic mass is 9.97. The number of nitrogens with one attached hydrogen (secondary N) is 1. The Labute approximate surface area is 171 Å². The number of hydrogen-bond acceptors (Lipinski definition) is 8. The Morgan fingerprint density at radius 1 is 1.00 bits per heavy atom. The summed E-state index contributed by atoms with van der Waals surface area (Å²) in [7, 11) is 0. The number of alkyl carbamates (subject to hydrolysis) is 1. The van der Waals surface area contributed by atoms with Crippen LogP contribution in [0.2, 0.25) is 0 Å². The van der Waals surface area contributed by atoms with Crippen molar-refractivity contribution >= 4 is 18.0 Å². The number of amides is 1. The highest BCUT2D eigenvalue weighted by molar-refractivity contribution is 6.04. The minimum absolute atomic E-state index is 0.0653. The van der Waals surface area contributed by atoms with Crippen LogP contribution in [0.15, 0.2) is 24.5 Å². The van der Waals surface area contributed by atoms with Gasteiger partial charge in [-0.2, -0.15) is 0 Å². The van der Waals surface area contributed by atoms with Crippen molar-refractivity contribution in [3.8, 4) is 5.75 Å². The molecule has 0 atom stereocenters. The Balaban J connectivity index is 2.96. The molecule has 0 spiro atoms. The quantitative estimate of drug-likeness (QED) is 0.271. The second kappa shape index (κ2) is 11.2. The van der Waals surface area contributed by atoms with Crippen LogP contribution in [-0.2, 0) is 23.8 Å². The summed E-state index contributed by atoms with van der Waals surface area (Å²) >= 11 is 0. The molecule has 0 unspecified atom stereocenters. The molecule has 9 heteroatoms. The van der Waals surface area contributed by atoms with Gasteiger partial charge in [0.1, 0.15) is 11.4 Å². The number of ether oxygens (including phenoxy) is 4. The molecule has 1 rings (SSSR count). The Kier molecular flexibility index (Phi) is 9.37. The first-order valence-electron chi connectivity index (χ1n) is 9.55. The van der Waals surface area contributed by atoms with E-state index in [9.17, 15) is 14.4 Å². The minimum atomic E-state index is -2.00. The van der Waals surface area contributed by atoms with Crippen molar-refractivity contribution < 1.29 is 33.3 Å². The number of nitrogens with zero attached hydrogens (tertiary/aromatic N) is 1. The molecule has 0 aliphatic heterocycles. The van der Waals surface area contributed by atoms with Crippen molar-refractivity contribution in [2.45, 2.75) is 58.7 Å². The van der Waals surface area contributed by atoms with E-state index in [1.54, 1.807) is 34.6 Å². The average molecular weight is 410 g/mol. The van der Waals surface area contributed by atoms with Gasteiger partial charge in [0, 0.05) is 25.4 Å². The molecule has 1 aromatic rings. The van der Waals surface area contributed by atoms with E-state index in [1.165, 1.54) is 24.5 Å². The number of carbonyl (C=O) groups excluding carboxylic acids is 3. The number of pyridine rings is 1. The number of rotatable bonds is 10. The molecule has 0 bridgehead atoms. The summed E-state index contributed by atoms with van der Waals surface area (Å²) in [5.74, 6) is -1.44. The lowest BCUT2D eigenvalue weighted by Crippen LogP contribution is -2.54. The lowest BCUT2D eigenvalue weighted by molar-refractivity contribution is -0.180. The molecule has 1 aromatic heterocycles. The molecule has 0 radical (unpaired) electrons. The normalized spacial score (nSPS) is 11.3. The SMILES string of the molecule is CCOC(=O)C(CCCNC(=O)OC(C)(C)C)(Oc1ccncc1)C(=O)OCC. The molecule has 29 heavy (non-hydrogen) atoms. The van der Waals surface area contributed by atoms with Crippen molar-refractivity contribution in [3.63, 3.8) is 0 Å². The van der Waals surface area contributed by atoms with E-state index in [1.807, 2.05) is 0 Å². The third kappa shape index (κ3) is 7.97. The van der Waals surface area contributed by atoms with E-state index in [2.05, 4.69) is 10.3 Å². The van der Waals surface area contributed by atoms with Gasteiger partial charge in [0.15, 0.2) is 0 Å². The highest BCUT2D eigenvalue weighted by Crippen LogP contribution is 2.26. The first-order valence-corrected chi connectivity index (χ1v) is 9.55. The predicted molar refractivity (Wildman–Crippen MR) is 104 cm³/mol. The molecular weight excluding hydrogens is 380 g/mol. The molecule has 0 saturated heterocycles. The molecule has 1 N–H and O–H groups in total. The van der Waals surface area contributed by atoms with E-state index >= 15 is 0 Å². The number of carbonyl (C=O) groups is 3. The maximum Gasteiger partial charge on any atom is 0.407 e. The number of aromatic nitrogens is 1. The minimum Gasteiger partial charge on any atom is -0.464 e. The standard InChI is InChI=1S/C20H30N2O7/c1-6-26-16(23)20(17(24)27-7-2,28-15-9-13-21-14-10-15)11-8-12-22-18(25)29-19(3,4)5/h9-10,13-14H,6-8,11-12H2,1-5H3,(H,22,25). The van der Waals surface area contributed by atoms with Gasteiger partial charge in [-0.3, -0.25) is 4.98 Å². The molecule has 0 aliphatic carbocycles. The fraction of sp³-hybridized carbons (Fsp3) is 0.600. The molecule has 1 heterocycles. The molecule has 162 valence electrons. The largest absolute Gasteiger partial charge is 0.464 e. The van der Waals surface area contributed by atoms with Gasteiger partial charge in [0.05, 0.1) is 13.2 Å². The molecule has 0 fully saturated rings. The summed E-state index contributed by atoms with van der Waals surface area (Å²) in [5, 5.41) is 2.59. The van der Waals surface area contributed by atoms with Gasteiger partial charge < -0.3 is 24.3 Å². The molecular formula is C20H30N2O7. The third-order valence-electron chi connectivity index (χ3n) is 3.53. The van der Waals surface area contributed by atoms with Gasteiger partial charge in [-0.25, -0.2) is 14.4 Å². The van der Waals surface area contributed by atoms with Crippen LogP contribution < -0.4 is 10.1 Å². The van der Waals surface area contributed by atoms with Gasteiger partial charge in [0.25, 0.3) is 0 Å². The molecule has 0 saturated carbocycles. The summed E-state index contributed by atoms with van der Waals surface area (Å²) < 4.78 is 21.1. The van der Waals surface area contributed by atoms with Crippen molar-refractivity contribution in [1.82, 2.24) is 10.3 Å². The zero-order valence-corrected chi connectivity index (χ0v) is 17.6. The smallest absolute Gasteiger partial charge is 0.407 e. The fourth-order valence-corrected chi connectivity index (χ4v) is 2.37. The Bertz CT molecular complexity index is 653. The summed E-state index contributed by atoms with van der Waals surface area (Å²) in [6.07, 6.45) is 2.52. The van der Waals surface area contributed by atoms with Gasteiger partial charge in [-0.1, -0.05) is 0 Å². The van der Waals surface area contributed by atoms with E-state index in [-0.39, 0.29) is 38.3 Å². The maximum atomic E-state index is 12.7. The van der Waals surface area contributed by atoms with Gasteiger partial charge in [-0.15, -0.1) is 0 Å². The van der Waals surface area contributed by atoms with Crippen LogP contribution in [0, 0.1) is 0 Å². The first-order chi connectivity index (χ1) is 13.6. The molecule has 1 amide bonds. The molecule has 0 aliphatic rings. The second-order valence-electron chi connectivity index (χ2n) is 7.09. The Morgan fingerprint density at radius 2 is 1.55 bits per heavy atom. The van der Waals surface area contributed by atoms with Gasteiger partial charge >= 0.3 is 23.6 Å². The number of hydrogen-bond donors (Lipinski definition) is 1. The monoisotopic (exact) mass is 410 g/mol. The summed E-state index contributed by atoms with van der Waals surface area (Å²) in [6.45, 7) is 8.81. The zero-order valence-electron chi connectivity index (χ0n) is 17.6. The first kappa shape index (κ1) is 24.2. The maximum absolute atomic E-state index is 12.7. The van der Waals surface area contributed by atoms with Gasteiger partial charge in [0.2, 0.25) is 0 Å². The number of esters is 2. The topological polar surface area (TPSA) is 113 Å². The van der Waals surface area contributed by atoms with E-state index < -0.39 is 29.2 Å². The molecule has 9 nitrogen and oxygen atoms in total. The summed E-state index contributed by atoms with van der Waals surface area (Å²) in [5.41, 5.74) is -2.63. The van der Waals surface area contributed by atoms with Crippen molar-refractivity contribution in [2.75, 3.05) is 19.8 Å². The van der Waals surface area contributed by atoms with Crippen LogP contribution in [0.4, 0.5) is 4.79 Å². The molecule has 0 aromatic carbocycles. The van der Waals surface area contributed by atoms with Crippen molar-refractivity contribution in [1.29, 1.82) is 0 Å². The van der Waals surface area contributed by atoms with Crippen LogP contribution in [0.1, 0.15) is 47.5 Å². The van der Waals surface area contributed by atoms with Crippen LogP contribution >= 0.6 is 0 Å². The highest BCUT2D eigenvalue weighted by Gasteiger charge is 2.51. The Morgan fingerprint density at radius 3 is 2.03 bits per heavy atom. The van der Waals surface area contributed by atoms with Crippen molar-refractivity contribution in [3.05, 3.63) is 24.5 Å². The van der Waals surface area contributed by atoms with Crippen LogP contribution in [0.5, 0.6) is 5.75 Å².